The second kappa shape index (κ2) is 4.14. The molecule has 5 nitrogen and oxygen atoms in total. The van der Waals surface area contributed by atoms with Crippen molar-refractivity contribution < 1.29 is 19.4 Å². The van der Waals surface area contributed by atoms with Crippen LogP contribution in [0.2, 0.25) is 0 Å². The highest BCUT2D eigenvalue weighted by Crippen LogP contribution is 2.47. The van der Waals surface area contributed by atoms with Gasteiger partial charge in [0.05, 0.1) is 0 Å². The number of rotatable bonds is 1. The number of hydrogen-bond donors (Lipinski definition) is 1. The number of carbonyl (C=O) groups is 2. The summed E-state index contributed by atoms with van der Waals surface area (Å²) >= 11 is 0. The van der Waals surface area contributed by atoms with Gasteiger partial charge in [-0.1, -0.05) is 6.42 Å². The molecule has 18 heavy (non-hydrogen) atoms. The highest BCUT2D eigenvalue weighted by atomic mass is 16.6. The number of hydrogen-bond acceptors (Lipinski definition) is 3. The first-order valence-electron chi connectivity index (χ1n) is 6.51. The average Bonchev–Trinajstić information content (AvgIpc) is 2.70. The van der Waals surface area contributed by atoms with Crippen molar-refractivity contribution in [2.75, 3.05) is 6.54 Å². The molecule has 1 saturated carbocycles. The molecule has 0 unspecified atom stereocenters. The van der Waals surface area contributed by atoms with E-state index >= 15 is 0 Å². The van der Waals surface area contributed by atoms with Gasteiger partial charge in [0.15, 0.2) is 0 Å². The van der Waals surface area contributed by atoms with E-state index < -0.39 is 23.2 Å². The van der Waals surface area contributed by atoms with E-state index in [2.05, 4.69) is 0 Å². The molecule has 0 spiro atoms. The molecule has 1 amide bonds. The number of fused-ring (bicyclic) bond motifs is 1. The number of likely N-dealkylation sites (tertiary alicyclic amines) is 1. The number of carboxylic acids is 1. The van der Waals surface area contributed by atoms with Crippen molar-refractivity contribution in [2.45, 2.75) is 57.6 Å². The number of aliphatic carboxylic acids is 1. The van der Waals surface area contributed by atoms with E-state index in [1.807, 2.05) is 0 Å². The lowest BCUT2D eigenvalue weighted by molar-refractivity contribution is -0.150. The Bertz CT molecular complexity index is 374. The van der Waals surface area contributed by atoms with Crippen molar-refractivity contribution in [1.82, 2.24) is 4.90 Å². The minimum atomic E-state index is -1.01. The van der Waals surface area contributed by atoms with Gasteiger partial charge in [-0.3, -0.25) is 4.90 Å². The SMILES string of the molecule is CC(C)(C)OC(=O)N1CC[C@@H]2CCC[C@@]21C(=O)O. The fourth-order valence-corrected chi connectivity index (χ4v) is 3.25. The maximum absolute atomic E-state index is 12.2. The van der Waals surface area contributed by atoms with Crippen LogP contribution in [-0.2, 0) is 9.53 Å². The van der Waals surface area contributed by atoms with E-state index in [0.29, 0.717) is 13.0 Å². The maximum Gasteiger partial charge on any atom is 0.411 e. The predicted octanol–water partition coefficient (Wildman–Crippen LogP) is 2.25. The lowest BCUT2D eigenvalue weighted by Crippen LogP contribution is -2.55. The smallest absolute Gasteiger partial charge is 0.411 e. The summed E-state index contributed by atoms with van der Waals surface area (Å²) in [6.45, 7) is 5.87. The van der Waals surface area contributed by atoms with Gasteiger partial charge in [-0.05, 0) is 46.0 Å². The van der Waals surface area contributed by atoms with Crippen molar-refractivity contribution in [3.05, 3.63) is 0 Å². The summed E-state index contributed by atoms with van der Waals surface area (Å²) in [6.07, 6.45) is 2.59. The molecular formula is C13H21NO4. The number of nitrogens with zero attached hydrogens (tertiary/aromatic N) is 1. The van der Waals surface area contributed by atoms with E-state index in [1.54, 1.807) is 20.8 Å². The van der Waals surface area contributed by atoms with E-state index in [1.165, 1.54) is 4.90 Å². The molecule has 2 fully saturated rings. The first kappa shape index (κ1) is 13.2. The fourth-order valence-electron chi connectivity index (χ4n) is 3.25. The van der Waals surface area contributed by atoms with Gasteiger partial charge in [-0.2, -0.15) is 0 Å². The number of carboxylic acid groups (broad SMARTS) is 1. The first-order chi connectivity index (χ1) is 8.27. The molecule has 2 rings (SSSR count). The lowest BCUT2D eigenvalue weighted by Gasteiger charge is -2.35. The third-order valence-corrected chi connectivity index (χ3v) is 3.95. The van der Waals surface area contributed by atoms with Crippen LogP contribution >= 0.6 is 0 Å². The normalized spacial score (nSPS) is 31.3. The quantitative estimate of drug-likeness (QED) is 0.780. The molecule has 102 valence electrons. The number of ether oxygens (including phenoxy) is 1. The van der Waals surface area contributed by atoms with Gasteiger partial charge in [-0.25, -0.2) is 9.59 Å². The van der Waals surface area contributed by atoms with Crippen LogP contribution in [0.15, 0.2) is 0 Å². The van der Waals surface area contributed by atoms with Gasteiger partial charge in [0.1, 0.15) is 11.1 Å². The summed E-state index contributed by atoms with van der Waals surface area (Å²) in [5.41, 5.74) is -1.60. The number of carbonyl (C=O) groups excluding carboxylic acids is 1. The van der Waals surface area contributed by atoms with E-state index in [0.717, 1.165) is 19.3 Å². The molecule has 1 aliphatic carbocycles. The zero-order valence-electron chi connectivity index (χ0n) is 11.2. The summed E-state index contributed by atoms with van der Waals surface area (Å²) in [4.78, 5) is 25.2. The molecule has 2 aliphatic rings. The highest BCUT2D eigenvalue weighted by Gasteiger charge is 2.59. The van der Waals surface area contributed by atoms with Crippen molar-refractivity contribution in [3.63, 3.8) is 0 Å². The van der Waals surface area contributed by atoms with Crippen LogP contribution in [0.1, 0.15) is 46.5 Å². The minimum absolute atomic E-state index is 0.0857. The molecule has 0 bridgehead atoms. The molecule has 1 heterocycles. The third kappa shape index (κ3) is 1.95. The maximum atomic E-state index is 12.2. The summed E-state index contributed by atoms with van der Waals surface area (Å²) in [6, 6.07) is 0. The zero-order valence-corrected chi connectivity index (χ0v) is 11.2. The largest absolute Gasteiger partial charge is 0.479 e. The molecule has 0 aromatic carbocycles. The summed E-state index contributed by atoms with van der Waals surface area (Å²) in [7, 11) is 0. The van der Waals surface area contributed by atoms with Gasteiger partial charge in [0.2, 0.25) is 0 Å². The standard InChI is InChI=1S/C13H21NO4/c1-12(2,3)18-11(17)14-8-6-9-5-4-7-13(9,14)10(15)16/h9H,4-8H2,1-3H3,(H,15,16)/t9-,13-/m0/s1. The Balaban J connectivity index is 2.23. The Morgan fingerprint density at radius 1 is 1.33 bits per heavy atom. The Morgan fingerprint density at radius 2 is 2.00 bits per heavy atom. The molecule has 1 N–H and O–H groups in total. The minimum Gasteiger partial charge on any atom is -0.479 e. The molecule has 0 aromatic rings. The Labute approximate surface area is 107 Å². The second-order valence-electron chi connectivity index (χ2n) is 6.24. The monoisotopic (exact) mass is 255 g/mol. The fraction of sp³-hybridized carbons (Fsp3) is 0.846. The van der Waals surface area contributed by atoms with Gasteiger partial charge >= 0.3 is 12.1 Å². The Morgan fingerprint density at radius 3 is 2.56 bits per heavy atom. The molecule has 2 atom stereocenters. The molecule has 1 aliphatic heterocycles. The van der Waals surface area contributed by atoms with Crippen molar-refractivity contribution in [3.8, 4) is 0 Å². The van der Waals surface area contributed by atoms with Crippen molar-refractivity contribution >= 4 is 12.1 Å². The summed E-state index contributed by atoms with van der Waals surface area (Å²) in [5.74, 6) is -0.795. The molecule has 0 aromatic heterocycles. The van der Waals surface area contributed by atoms with Crippen LogP contribution in [0, 0.1) is 5.92 Å². The van der Waals surface area contributed by atoms with Crippen LogP contribution in [0.25, 0.3) is 0 Å². The van der Waals surface area contributed by atoms with Gasteiger partial charge in [0.25, 0.3) is 0 Å². The summed E-state index contributed by atoms with van der Waals surface area (Å²) < 4.78 is 5.33. The Hall–Kier alpha value is -1.26. The zero-order chi connectivity index (χ0) is 13.6. The van der Waals surface area contributed by atoms with E-state index in [-0.39, 0.29) is 5.92 Å². The van der Waals surface area contributed by atoms with Crippen molar-refractivity contribution in [2.24, 2.45) is 5.92 Å². The van der Waals surface area contributed by atoms with Gasteiger partial charge < -0.3 is 9.84 Å². The predicted molar refractivity (Wildman–Crippen MR) is 65.3 cm³/mol. The van der Waals surface area contributed by atoms with E-state index in [4.69, 9.17) is 4.74 Å². The van der Waals surface area contributed by atoms with Crippen LogP contribution in [0.3, 0.4) is 0 Å². The molecule has 5 heteroatoms. The van der Waals surface area contributed by atoms with Crippen molar-refractivity contribution in [1.29, 1.82) is 0 Å². The third-order valence-electron chi connectivity index (χ3n) is 3.95. The van der Waals surface area contributed by atoms with Crippen LogP contribution in [0.5, 0.6) is 0 Å². The molecular weight excluding hydrogens is 234 g/mol. The first-order valence-corrected chi connectivity index (χ1v) is 6.51. The topological polar surface area (TPSA) is 66.8 Å². The van der Waals surface area contributed by atoms with Gasteiger partial charge in [-0.15, -0.1) is 0 Å². The molecule has 0 radical (unpaired) electrons. The van der Waals surface area contributed by atoms with Gasteiger partial charge in [0, 0.05) is 6.54 Å². The highest BCUT2D eigenvalue weighted by molar-refractivity contribution is 5.86. The number of amides is 1. The van der Waals surface area contributed by atoms with Crippen LogP contribution < -0.4 is 0 Å². The Kier molecular flexibility index (Phi) is 3.03. The summed E-state index contributed by atoms with van der Waals surface area (Å²) in [5, 5.41) is 9.54. The molecule has 1 saturated heterocycles. The van der Waals surface area contributed by atoms with Crippen LogP contribution in [0.4, 0.5) is 4.79 Å². The van der Waals surface area contributed by atoms with E-state index in [9.17, 15) is 14.7 Å². The van der Waals surface area contributed by atoms with Crippen LogP contribution in [-0.4, -0.2) is 39.8 Å². The second-order valence-corrected chi connectivity index (χ2v) is 6.24. The average molecular weight is 255 g/mol. The lowest BCUT2D eigenvalue weighted by atomic mass is 9.88.